The molecule has 2 heterocycles. The van der Waals surface area contributed by atoms with Crippen molar-refractivity contribution >= 4 is 5.91 Å². The zero-order valence-electron chi connectivity index (χ0n) is 14.5. The lowest BCUT2D eigenvalue weighted by Crippen LogP contribution is -2.48. The summed E-state index contributed by atoms with van der Waals surface area (Å²) in [6.45, 7) is 7.33. The van der Waals surface area contributed by atoms with Crippen LogP contribution in [-0.2, 0) is 4.74 Å². The van der Waals surface area contributed by atoms with Gasteiger partial charge >= 0.3 is 0 Å². The third kappa shape index (κ3) is 3.65. The van der Waals surface area contributed by atoms with Gasteiger partial charge < -0.3 is 9.64 Å². The van der Waals surface area contributed by atoms with Gasteiger partial charge in [-0.2, -0.15) is 0 Å². The smallest absolute Gasteiger partial charge is 0.272 e. The fourth-order valence-corrected chi connectivity index (χ4v) is 3.00. The van der Waals surface area contributed by atoms with Crippen molar-refractivity contribution in [2.24, 2.45) is 5.92 Å². The molecule has 0 saturated carbocycles. The molecule has 0 spiro atoms. The van der Waals surface area contributed by atoms with Crippen molar-refractivity contribution in [3.63, 3.8) is 0 Å². The van der Waals surface area contributed by atoms with E-state index in [1.165, 1.54) is 0 Å². The molecule has 1 aromatic carbocycles. The van der Waals surface area contributed by atoms with Crippen LogP contribution in [0, 0.1) is 12.8 Å². The molecule has 0 radical (unpaired) electrons. The van der Waals surface area contributed by atoms with Crippen LogP contribution in [-0.4, -0.2) is 35.0 Å². The molecular weight excluding hydrogens is 300 g/mol. The Bertz CT molecular complexity index is 700. The van der Waals surface area contributed by atoms with E-state index in [4.69, 9.17) is 4.74 Å². The van der Waals surface area contributed by atoms with Gasteiger partial charge in [0, 0.05) is 12.2 Å². The van der Waals surface area contributed by atoms with Gasteiger partial charge in [-0.3, -0.25) is 4.79 Å². The number of aryl methyl sites for hydroxylation is 1. The van der Waals surface area contributed by atoms with E-state index >= 15 is 0 Å². The standard InChI is InChI=1S/C20H24N2O2/c1-14(2)18-12-22(20(23)17-11-7-8-15(3)21-17)13-19(24-18)16-9-5-4-6-10-16/h4-11,14,18-19H,12-13H2,1-3H3/t18-,19+/m1/s1. The van der Waals surface area contributed by atoms with Crippen molar-refractivity contribution in [3.05, 3.63) is 65.5 Å². The van der Waals surface area contributed by atoms with E-state index in [1.807, 2.05) is 42.2 Å². The summed E-state index contributed by atoms with van der Waals surface area (Å²) in [5, 5.41) is 0. The van der Waals surface area contributed by atoms with Gasteiger partial charge in [0.1, 0.15) is 11.8 Å². The predicted molar refractivity (Wildman–Crippen MR) is 93.8 cm³/mol. The second kappa shape index (κ2) is 7.14. The molecule has 3 rings (SSSR count). The van der Waals surface area contributed by atoms with Crippen LogP contribution in [0.4, 0.5) is 0 Å². The van der Waals surface area contributed by atoms with Gasteiger partial charge in [-0.25, -0.2) is 4.98 Å². The Kier molecular flexibility index (Phi) is 4.95. The third-order valence-corrected chi connectivity index (χ3v) is 4.44. The van der Waals surface area contributed by atoms with Gasteiger partial charge in [0.2, 0.25) is 0 Å². The largest absolute Gasteiger partial charge is 0.366 e. The topological polar surface area (TPSA) is 42.4 Å². The number of pyridine rings is 1. The molecule has 1 saturated heterocycles. The Morgan fingerprint density at radius 1 is 1.12 bits per heavy atom. The lowest BCUT2D eigenvalue weighted by molar-refractivity contribution is -0.0955. The van der Waals surface area contributed by atoms with Gasteiger partial charge in [0.25, 0.3) is 5.91 Å². The quantitative estimate of drug-likeness (QED) is 0.866. The van der Waals surface area contributed by atoms with Gasteiger partial charge in [0.15, 0.2) is 0 Å². The second-order valence-electron chi connectivity index (χ2n) is 6.69. The summed E-state index contributed by atoms with van der Waals surface area (Å²) in [7, 11) is 0. The maximum absolute atomic E-state index is 12.9. The fourth-order valence-electron chi connectivity index (χ4n) is 3.00. The summed E-state index contributed by atoms with van der Waals surface area (Å²) >= 11 is 0. The minimum Gasteiger partial charge on any atom is -0.366 e. The van der Waals surface area contributed by atoms with E-state index in [9.17, 15) is 4.79 Å². The first kappa shape index (κ1) is 16.7. The molecule has 2 aromatic rings. The molecule has 0 aliphatic carbocycles. The molecule has 126 valence electrons. The van der Waals surface area contributed by atoms with Crippen LogP contribution in [0.3, 0.4) is 0 Å². The molecule has 0 N–H and O–H groups in total. The SMILES string of the molecule is Cc1cccc(C(=O)N2C[C@@H](c3ccccc3)O[C@@H](C(C)C)C2)n1. The minimum absolute atomic E-state index is 0.0198. The summed E-state index contributed by atoms with van der Waals surface area (Å²) in [6, 6.07) is 15.7. The van der Waals surface area contributed by atoms with Gasteiger partial charge in [0.05, 0.1) is 12.6 Å². The predicted octanol–water partition coefficient (Wildman–Crippen LogP) is 3.63. The number of hydrogen-bond donors (Lipinski definition) is 0. The first-order chi connectivity index (χ1) is 11.5. The molecule has 24 heavy (non-hydrogen) atoms. The van der Waals surface area contributed by atoms with E-state index < -0.39 is 0 Å². The highest BCUT2D eigenvalue weighted by molar-refractivity contribution is 5.92. The maximum Gasteiger partial charge on any atom is 0.272 e. The van der Waals surface area contributed by atoms with Crippen molar-refractivity contribution in [2.45, 2.75) is 33.0 Å². The Balaban J connectivity index is 1.85. The first-order valence-electron chi connectivity index (χ1n) is 8.48. The van der Waals surface area contributed by atoms with Gasteiger partial charge in [-0.1, -0.05) is 50.2 Å². The first-order valence-corrected chi connectivity index (χ1v) is 8.48. The van der Waals surface area contributed by atoms with Crippen LogP contribution >= 0.6 is 0 Å². The monoisotopic (exact) mass is 324 g/mol. The Morgan fingerprint density at radius 3 is 2.54 bits per heavy atom. The van der Waals surface area contributed by atoms with E-state index in [1.54, 1.807) is 6.07 Å². The molecule has 1 fully saturated rings. The van der Waals surface area contributed by atoms with Crippen molar-refractivity contribution < 1.29 is 9.53 Å². The van der Waals surface area contributed by atoms with Crippen LogP contribution in [0.15, 0.2) is 48.5 Å². The summed E-state index contributed by atoms with van der Waals surface area (Å²) < 4.78 is 6.26. The van der Waals surface area contributed by atoms with Crippen molar-refractivity contribution in [3.8, 4) is 0 Å². The average molecular weight is 324 g/mol. The number of nitrogens with zero attached hydrogens (tertiary/aromatic N) is 2. The van der Waals surface area contributed by atoms with Crippen LogP contribution < -0.4 is 0 Å². The van der Waals surface area contributed by atoms with Crippen LogP contribution in [0.25, 0.3) is 0 Å². The number of hydrogen-bond acceptors (Lipinski definition) is 3. The molecular formula is C20H24N2O2. The highest BCUT2D eigenvalue weighted by Gasteiger charge is 2.33. The average Bonchev–Trinajstić information content (AvgIpc) is 2.61. The van der Waals surface area contributed by atoms with Gasteiger partial charge in [-0.15, -0.1) is 0 Å². The third-order valence-electron chi connectivity index (χ3n) is 4.44. The van der Waals surface area contributed by atoms with Crippen molar-refractivity contribution in [1.82, 2.24) is 9.88 Å². The number of carbonyl (C=O) groups excluding carboxylic acids is 1. The van der Waals surface area contributed by atoms with Gasteiger partial charge in [-0.05, 0) is 30.5 Å². The summed E-state index contributed by atoms with van der Waals surface area (Å²) in [6.07, 6.45) is -0.0705. The zero-order chi connectivity index (χ0) is 17.1. The Morgan fingerprint density at radius 2 is 1.88 bits per heavy atom. The summed E-state index contributed by atoms with van der Waals surface area (Å²) in [5.74, 6) is 0.325. The molecule has 1 amide bonds. The summed E-state index contributed by atoms with van der Waals surface area (Å²) in [4.78, 5) is 19.2. The minimum atomic E-state index is -0.0962. The summed E-state index contributed by atoms with van der Waals surface area (Å²) in [5.41, 5.74) is 2.47. The molecule has 0 unspecified atom stereocenters. The fraction of sp³-hybridized carbons (Fsp3) is 0.400. The number of aromatic nitrogens is 1. The highest BCUT2D eigenvalue weighted by atomic mass is 16.5. The number of carbonyl (C=O) groups is 1. The molecule has 1 aromatic heterocycles. The highest BCUT2D eigenvalue weighted by Crippen LogP contribution is 2.28. The Labute approximate surface area is 143 Å². The molecule has 0 bridgehead atoms. The molecule has 2 atom stereocenters. The number of morpholine rings is 1. The van der Waals surface area contributed by atoms with Crippen LogP contribution in [0.2, 0.25) is 0 Å². The van der Waals surface area contributed by atoms with Crippen molar-refractivity contribution in [1.29, 1.82) is 0 Å². The van der Waals surface area contributed by atoms with Crippen LogP contribution in [0.5, 0.6) is 0 Å². The van der Waals surface area contributed by atoms with Crippen LogP contribution in [0.1, 0.15) is 41.7 Å². The van der Waals surface area contributed by atoms with E-state index in [-0.39, 0.29) is 18.1 Å². The van der Waals surface area contributed by atoms with E-state index in [0.717, 1.165) is 11.3 Å². The number of benzene rings is 1. The maximum atomic E-state index is 12.9. The van der Waals surface area contributed by atoms with E-state index in [0.29, 0.717) is 24.7 Å². The number of rotatable bonds is 3. The Hall–Kier alpha value is -2.20. The number of amides is 1. The van der Waals surface area contributed by atoms with Crippen molar-refractivity contribution in [2.75, 3.05) is 13.1 Å². The zero-order valence-corrected chi connectivity index (χ0v) is 14.5. The lowest BCUT2D eigenvalue weighted by atomic mass is 10.0. The number of ether oxygens (including phenoxy) is 1. The molecule has 1 aliphatic rings. The normalized spacial score (nSPS) is 21.1. The van der Waals surface area contributed by atoms with E-state index in [2.05, 4.69) is 31.0 Å². The molecule has 1 aliphatic heterocycles. The lowest BCUT2D eigenvalue weighted by Gasteiger charge is -2.40. The molecule has 4 nitrogen and oxygen atoms in total. The second-order valence-corrected chi connectivity index (χ2v) is 6.69. The molecule has 4 heteroatoms.